The molecule has 4 aromatic rings. The Kier molecular flexibility index (Phi) is 5.88. The van der Waals surface area contributed by atoms with E-state index in [1.165, 1.54) is 19.4 Å². The minimum absolute atomic E-state index is 0.0742. The molecule has 0 bridgehead atoms. The maximum atomic E-state index is 13.0. The standard InChI is InChI=1S/C22H15Cl2NO6/c1-28-17-7-5-13(10-15(17)24)25-19(26)11-30-22-20(27)14-9-12(23)4-6-16(14)31-21(22)18-3-2-8-29-18/h2-10H,11H2,1H3,(H,25,26). The molecule has 0 unspecified atom stereocenters. The van der Waals surface area contributed by atoms with Crippen molar-refractivity contribution in [1.29, 1.82) is 0 Å². The van der Waals surface area contributed by atoms with Crippen molar-refractivity contribution < 1.29 is 23.1 Å². The van der Waals surface area contributed by atoms with Crippen LogP contribution in [-0.2, 0) is 4.79 Å². The number of hydrogen-bond acceptors (Lipinski definition) is 6. The maximum Gasteiger partial charge on any atom is 0.262 e. The monoisotopic (exact) mass is 459 g/mol. The number of methoxy groups -OCH3 is 1. The van der Waals surface area contributed by atoms with Gasteiger partial charge in [-0.2, -0.15) is 0 Å². The number of amides is 1. The largest absolute Gasteiger partial charge is 0.495 e. The topological polar surface area (TPSA) is 90.9 Å². The molecule has 7 nitrogen and oxygen atoms in total. The molecule has 158 valence electrons. The highest BCUT2D eigenvalue weighted by molar-refractivity contribution is 6.32. The lowest BCUT2D eigenvalue weighted by Gasteiger charge is -2.11. The van der Waals surface area contributed by atoms with Crippen molar-refractivity contribution in [1.82, 2.24) is 0 Å². The molecule has 2 heterocycles. The molecule has 2 aromatic carbocycles. The van der Waals surface area contributed by atoms with Crippen LogP contribution < -0.4 is 20.2 Å². The van der Waals surface area contributed by atoms with E-state index in [1.807, 2.05) is 0 Å². The zero-order valence-electron chi connectivity index (χ0n) is 16.1. The summed E-state index contributed by atoms with van der Waals surface area (Å²) in [5.74, 6) is 0.174. The molecule has 1 N–H and O–H groups in total. The molecule has 0 aliphatic rings. The van der Waals surface area contributed by atoms with Crippen LogP contribution in [-0.4, -0.2) is 19.6 Å². The number of benzene rings is 2. The van der Waals surface area contributed by atoms with Gasteiger partial charge in [0.15, 0.2) is 12.4 Å². The smallest absolute Gasteiger partial charge is 0.262 e. The summed E-state index contributed by atoms with van der Waals surface area (Å²) in [5, 5.41) is 3.57. The zero-order valence-corrected chi connectivity index (χ0v) is 17.6. The van der Waals surface area contributed by atoms with E-state index in [-0.39, 0.29) is 22.7 Å². The number of carbonyl (C=O) groups excluding carboxylic acids is 1. The molecule has 1 amide bonds. The lowest BCUT2D eigenvalue weighted by molar-refractivity contribution is -0.118. The lowest BCUT2D eigenvalue weighted by Crippen LogP contribution is -2.22. The highest BCUT2D eigenvalue weighted by Crippen LogP contribution is 2.32. The normalized spacial score (nSPS) is 10.8. The van der Waals surface area contributed by atoms with E-state index in [9.17, 15) is 9.59 Å². The highest BCUT2D eigenvalue weighted by Gasteiger charge is 2.21. The van der Waals surface area contributed by atoms with Crippen LogP contribution in [0.2, 0.25) is 10.0 Å². The molecule has 4 rings (SSSR count). The van der Waals surface area contributed by atoms with Crippen molar-refractivity contribution in [3.05, 3.63) is 75.1 Å². The first-order valence-corrected chi connectivity index (χ1v) is 9.78. The zero-order chi connectivity index (χ0) is 22.0. The Morgan fingerprint density at radius 2 is 1.97 bits per heavy atom. The lowest BCUT2D eigenvalue weighted by atomic mass is 10.2. The predicted molar refractivity (Wildman–Crippen MR) is 117 cm³/mol. The minimum Gasteiger partial charge on any atom is -0.495 e. The minimum atomic E-state index is -0.503. The molecule has 0 atom stereocenters. The second-order valence-electron chi connectivity index (χ2n) is 6.39. The second-order valence-corrected chi connectivity index (χ2v) is 7.24. The fourth-order valence-electron chi connectivity index (χ4n) is 2.93. The van der Waals surface area contributed by atoms with Gasteiger partial charge in [-0.15, -0.1) is 0 Å². The van der Waals surface area contributed by atoms with Gasteiger partial charge in [0.1, 0.15) is 11.3 Å². The molecule has 0 aliphatic carbocycles. The highest BCUT2D eigenvalue weighted by atomic mass is 35.5. The number of carbonyl (C=O) groups is 1. The van der Waals surface area contributed by atoms with E-state index < -0.39 is 17.9 Å². The second kappa shape index (κ2) is 8.75. The fraction of sp³-hybridized carbons (Fsp3) is 0.0909. The van der Waals surface area contributed by atoms with Crippen LogP contribution >= 0.6 is 23.2 Å². The molecule has 0 aliphatic heterocycles. The first kappa shape index (κ1) is 20.8. The Balaban J connectivity index is 1.62. The van der Waals surface area contributed by atoms with Gasteiger partial charge in [-0.05, 0) is 48.5 Å². The number of halogens is 2. The average Bonchev–Trinajstić information content (AvgIpc) is 3.28. The Morgan fingerprint density at radius 3 is 2.68 bits per heavy atom. The van der Waals surface area contributed by atoms with Crippen molar-refractivity contribution in [3.63, 3.8) is 0 Å². The first-order valence-electron chi connectivity index (χ1n) is 9.02. The van der Waals surface area contributed by atoms with Crippen molar-refractivity contribution in [3.8, 4) is 23.0 Å². The quantitative estimate of drug-likeness (QED) is 0.415. The molecule has 0 spiro atoms. The maximum absolute atomic E-state index is 13.0. The van der Waals surface area contributed by atoms with Gasteiger partial charge in [-0.1, -0.05) is 23.2 Å². The van der Waals surface area contributed by atoms with Gasteiger partial charge < -0.3 is 23.6 Å². The van der Waals surface area contributed by atoms with Crippen LogP contribution in [0, 0.1) is 0 Å². The number of anilines is 1. The van der Waals surface area contributed by atoms with Crippen LogP contribution in [0.4, 0.5) is 5.69 Å². The van der Waals surface area contributed by atoms with Crippen molar-refractivity contribution in [2.24, 2.45) is 0 Å². The number of ether oxygens (including phenoxy) is 2. The molecule has 0 radical (unpaired) electrons. The Labute approximate surface area is 186 Å². The molecule has 0 saturated carbocycles. The number of fused-ring (bicyclic) bond motifs is 1. The predicted octanol–water partition coefficient (Wildman–Crippen LogP) is 5.39. The van der Waals surface area contributed by atoms with E-state index in [2.05, 4.69) is 5.32 Å². The number of furan rings is 1. The summed E-state index contributed by atoms with van der Waals surface area (Å²) >= 11 is 12.1. The van der Waals surface area contributed by atoms with Crippen LogP contribution in [0.5, 0.6) is 11.5 Å². The molecule has 2 aromatic heterocycles. The van der Waals surface area contributed by atoms with E-state index >= 15 is 0 Å². The van der Waals surface area contributed by atoms with Crippen LogP contribution in [0.1, 0.15) is 0 Å². The van der Waals surface area contributed by atoms with Gasteiger partial charge in [0.25, 0.3) is 5.91 Å². The molecule has 31 heavy (non-hydrogen) atoms. The summed E-state index contributed by atoms with van der Waals surface area (Å²) in [6, 6.07) is 12.7. The van der Waals surface area contributed by atoms with Gasteiger partial charge in [-0.3, -0.25) is 9.59 Å². The van der Waals surface area contributed by atoms with E-state index in [0.717, 1.165) is 0 Å². The van der Waals surface area contributed by atoms with Gasteiger partial charge >= 0.3 is 0 Å². The SMILES string of the molecule is COc1ccc(NC(=O)COc2c(-c3ccco3)oc3ccc(Cl)cc3c2=O)cc1Cl. The Bertz CT molecular complexity index is 1310. The van der Waals surface area contributed by atoms with E-state index in [4.69, 9.17) is 41.5 Å². The van der Waals surface area contributed by atoms with Crippen LogP contribution in [0.3, 0.4) is 0 Å². The van der Waals surface area contributed by atoms with Gasteiger partial charge in [0, 0.05) is 10.7 Å². The average molecular weight is 460 g/mol. The van der Waals surface area contributed by atoms with E-state index in [0.29, 0.717) is 27.1 Å². The van der Waals surface area contributed by atoms with E-state index in [1.54, 1.807) is 42.5 Å². The summed E-state index contributed by atoms with van der Waals surface area (Å²) < 4.78 is 21.8. The number of nitrogens with one attached hydrogen (secondary N) is 1. The first-order chi connectivity index (χ1) is 15.0. The Morgan fingerprint density at radius 1 is 1.13 bits per heavy atom. The summed E-state index contributed by atoms with van der Waals surface area (Å²) in [4.78, 5) is 25.4. The molecule has 0 fully saturated rings. The molecular weight excluding hydrogens is 445 g/mol. The Hall–Kier alpha value is -3.42. The van der Waals surface area contributed by atoms with Gasteiger partial charge in [-0.25, -0.2) is 0 Å². The summed E-state index contributed by atoms with van der Waals surface area (Å²) in [6.07, 6.45) is 1.44. The fourth-order valence-corrected chi connectivity index (χ4v) is 3.36. The summed E-state index contributed by atoms with van der Waals surface area (Å²) in [5.41, 5.74) is 0.281. The van der Waals surface area contributed by atoms with Gasteiger partial charge in [0.2, 0.25) is 16.9 Å². The van der Waals surface area contributed by atoms with Crippen molar-refractivity contribution >= 4 is 45.8 Å². The van der Waals surface area contributed by atoms with Gasteiger partial charge in [0.05, 0.1) is 23.8 Å². The third kappa shape index (κ3) is 4.38. The van der Waals surface area contributed by atoms with Crippen molar-refractivity contribution in [2.45, 2.75) is 0 Å². The summed E-state index contributed by atoms with van der Waals surface area (Å²) in [6.45, 7) is -0.450. The number of rotatable bonds is 6. The molecule has 0 saturated heterocycles. The molecular formula is C22H15Cl2NO6. The van der Waals surface area contributed by atoms with Crippen LogP contribution in [0.25, 0.3) is 22.5 Å². The third-order valence-electron chi connectivity index (χ3n) is 4.34. The molecule has 9 heteroatoms. The van der Waals surface area contributed by atoms with Crippen LogP contribution in [0.15, 0.2) is 68.4 Å². The van der Waals surface area contributed by atoms with Crippen molar-refractivity contribution in [2.75, 3.05) is 19.0 Å². The summed E-state index contributed by atoms with van der Waals surface area (Å²) in [7, 11) is 1.49. The number of hydrogen-bond donors (Lipinski definition) is 1. The third-order valence-corrected chi connectivity index (χ3v) is 4.87.